The van der Waals surface area contributed by atoms with E-state index in [1.807, 2.05) is 6.92 Å². The molecule has 2 aromatic rings. The van der Waals surface area contributed by atoms with Crippen LogP contribution < -0.4 is 15.8 Å². The standard InChI is InChI=1S/C26H26Cl2F3N7O2/c1-2-37(24(39)15-5-3-6-18(15)33)20-12-38(36-23(20)14-9-10-16(27)17(28)11-14)26(34-13-32)35-19-7-4-8-21(22(19)29)40-25(30)31/h4,7-11,15,18,20,25H,2-3,5-6,12,33H2,1H3,(H,34,35)/t15-,18+,20?/m1/s1. The minimum atomic E-state index is -3.24. The number of amides is 1. The Morgan fingerprint density at radius 2 is 2.10 bits per heavy atom. The van der Waals surface area contributed by atoms with Crippen molar-refractivity contribution < 1.29 is 22.7 Å². The number of halogens is 5. The average Bonchev–Trinajstić information content (AvgIpc) is 3.54. The fraction of sp³-hybridized carbons (Fsp3) is 0.385. The van der Waals surface area contributed by atoms with Gasteiger partial charge in [0.1, 0.15) is 5.69 Å². The molecule has 2 aliphatic rings. The number of aliphatic imine (C=N–C) groups is 1. The van der Waals surface area contributed by atoms with Gasteiger partial charge in [0, 0.05) is 18.2 Å². The maximum absolute atomic E-state index is 14.9. The molecule has 0 saturated heterocycles. The summed E-state index contributed by atoms with van der Waals surface area (Å²) in [7, 11) is 0. The molecular formula is C26H26Cl2F3N7O2. The molecule has 0 bridgehead atoms. The number of alkyl halides is 2. The Hall–Kier alpha value is -3.53. The highest BCUT2D eigenvalue weighted by Crippen LogP contribution is 2.32. The number of hydrazone groups is 1. The lowest BCUT2D eigenvalue weighted by Crippen LogP contribution is -2.51. The van der Waals surface area contributed by atoms with Crippen LogP contribution in [0.15, 0.2) is 46.5 Å². The Kier molecular flexibility index (Phi) is 9.40. The van der Waals surface area contributed by atoms with Crippen molar-refractivity contribution in [1.82, 2.24) is 15.2 Å². The quantitative estimate of drug-likeness (QED) is 0.204. The summed E-state index contributed by atoms with van der Waals surface area (Å²) >= 11 is 12.4. The number of nitrogens with two attached hydrogens (primary N) is 1. The molecule has 0 radical (unpaired) electrons. The van der Waals surface area contributed by atoms with Gasteiger partial charge < -0.3 is 15.4 Å². The first-order valence-electron chi connectivity index (χ1n) is 12.5. The number of hydrogen-bond donors (Lipinski definition) is 2. The minimum absolute atomic E-state index is 0.0411. The Bertz CT molecular complexity index is 1370. The highest BCUT2D eigenvalue weighted by Gasteiger charge is 2.41. The third-order valence-corrected chi connectivity index (χ3v) is 7.53. The van der Waals surface area contributed by atoms with Crippen LogP contribution in [-0.4, -0.2) is 59.3 Å². The number of ether oxygens (including phenoxy) is 1. The van der Waals surface area contributed by atoms with Gasteiger partial charge in [0.25, 0.3) is 0 Å². The molecule has 1 saturated carbocycles. The van der Waals surface area contributed by atoms with Gasteiger partial charge in [-0.1, -0.05) is 41.8 Å². The van der Waals surface area contributed by atoms with Gasteiger partial charge in [-0.3, -0.25) is 10.1 Å². The normalized spacial score (nSPS) is 20.9. The van der Waals surface area contributed by atoms with Crippen molar-refractivity contribution in [3.8, 4) is 11.9 Å². The van der Waals surface area contributed by atoms with E-state index >= 15 is 0 Å². The summed E-state index contributed by atoms with van der Waals surface area (Å²) in [5.74, 6) is -2.52. The number of likely N-dealkylation sites (N-methyl/N-ethyl adjacent to an activating group) is 1. The smallest absolute Gasteiger partial charge is 0.387 e. The maximum Gasteiger partial charge on any atom is 0.387 e. The lowest BCUT2D eigenvalue weighted by atomic mass is 9.98. The van der Waals surface area contributed by atoms with E-state index in [1.54, 1.807) is 29.3 Å². The number of rotatable bonds is 7. The lowest BCUT2D eigenvalue weighted by molar-refractivity contribution is -0.136. The van der Waals surface area contributed by atoms with Crippen LogP contribution in [0, 0.1) is 23.2 Å². The van der Waals surface area contributed by atoms with E-state index in [-0.39, 0.29) is 41.1 Å². The predicted octanol–water partition coefficient (Wildman–Crippen LogP) is 4.86. The number of carbonyl (C=O) groups excluding carboxylic acids is 1. The van der Waals surface area contributed by atoms with Crippen LogP contribution in [0.25, 0.3) is 0 Å². The van der Waals surface area contributed by atoms with Crippen LogP contribution in [0.2, 0.25) is 10.0 Å². The largest absolute Gasteiger partial charge is 0.432 e. The van der Waals surface area contributed by atoms with Crippen molar-refractivity contribution in [1.29, 1.82) is 5.26 Å². The summed E-state index contributed by atoms with van der Waals surface area (Å²) in [5.41, 5.74) is 6.86. The van der Waals surface area contributed by atoms with Crippen molar-refractivity contribution in [2.75, 3.05) is 13.1 Å². The number of nitrogens with zero attached hydrogens (tertiary/aromatic N) is 5. The maximum atomic E-state index is 14.9. The van der Waals surface area contributed by atoms with E-state index in [4.69, 9.17) is 28.9 Å². The van der Waals surface area contributed by atoms with E-state index in [9.17, 15) is 23.2 Å². The molecule has 1 fully saturated rings. The molecule has 40 heavy (non-hydrogen) atoms. The van der Waals surface area contributed by atoms with Gasteiger partial charge >= 0.3 is 6.61 Å². The average molecular weight is 596 g/mol. The summed E-state index contributed by atoms with van der Waals surface area (Å²) in [5, 5.41) is 18.3. The van der Waals surface area contributed by atoms with Crippen molar-refractivity contribution in [3.63, 3.8) is 0 Å². The molecule has 3 N–H and O–H groups in total. The number of benzene rings is 2. The van der Waals surface area contributed by atoms with E-state index in [0.717, 1.165) is 18.9 Å². The minimum Gasteiger partial charge on any atom is -0.432 e. The first-order valence-corrected chi connectivity index (χ1v) is 13.2. The van der Waals surface area contributed by atoms with Crippen molar-refractivity contribution in [3.05, 3.63) is 57.8 Å². The summed E-state index contributed by atoms with van der Waals surface area (Å²) < 4.78 is 44.5. The number of carbonyl (C=O) groups is 1. The fourth-order valence-electron chi connectivity index (χ4n) is 4.90. The van der Waals surface area contributed by atoms with Crippen LogP contribution in [-0.2, 0) is 4.79 Å². The number of nitrogens with one attached hydrogen (secondary N) is 1. The molecule has 9 nitrogen and oxygen atoms in total. The molecular weight excluding hydrogens is 570 g/mol. The molecule has 1 amide bonds. The van der Waals surface area contributed by atoms with Crippen molar-refractivity contribution >= 4 is 46.5 Å². The predicted molar refractivity (Wildman–Crippen MR) is 145 cm³/mol. The van der Waals surface area contributed by atoms with Gasteiger partial charge in [-0.15, -0.1) is 0 Å². The fourth-order valence-corrected chi connectivity index (χ4v) is 5.20. The van der Waals surface area contributed by atoms with Gasteiger partial charge in [0.15, 0.2) is 17.8 Å². The molecule has 1 unspecified atom stereocenters. The van der Waals surface area contributed by atoms with E-state index in [1.165, 1.54) is 17.1 Å². The molecule has 3 atom stereocenters. The highest BCUT2D eigenvalue weighted by atomic mass is 35.5. The van der Waals surface area contributed by atoms with Gasteiger partial charge in [-0.25, -0.2) is 14.4 Å². The number of guanidine groups is 1. The Labute approximate surface area is 239 Å². The van der Waals surface area contributed by atoms with Crippen LogP contribution in [0.4, 0.5) is 18.9 Å². The van der Waals surface area contributed by atoms with Gasteiger partial charge in [0.2, 0.25) is 11.9 Å². The van der Waals surface area contributed by atoms with Gasteiger partial charge in [-0.2, -0.15) is 19.1 Å². The number of nitriles is 1. The molecule has 0 spiro atoms. The van der Waals surface area contributed by atoms with Crippen LogP contribution in [0.1, 0.15) is 31.7 Å². The summed E-state index contributed by atoms with van der Waals surface area (Å²) in [6, 6.07) is 7.57. The van der Waals surface area contributed by atoms with Gasteiger partial charge in [-0.05, 0) is 44.0 Å². The Balaban J connectivity index is 1.76. The number of hydrogen-bond acceptors (Lipinski definition) is 6. The van der Waals surface area contributed by atoms with Crippen LogP contribution in [0.5, 0.6) is 5.75 Å². The molecule has 1 aliphatic carbocycles. The summed E-state index contributed by atoms with van der Waals surface area (Å²) in [6.07, 6.45) is 4.01. The summed E-state index contributed by atoms with van der Waals surface area (Å²) in [6.45, 7) is -1.03. The lowest BCUT2D eigenvalue weighted by Gasteiger charge is -2.32. The Morgan fingerprint density at radius 3 is 2.73 bits per heavy atom. The van der Waals surface area contributed by atoms with E-state index in [0.29, 0.717) is 29.3 Å². The van der Waals surface area contributed by atoms with E-state index in [2.05, 4.69) is 20.1 Å². The molecule has 4 rings (SSSR count). The third-order valence-electron chi connectivity index (χ3n) is 6.79. The SMILES string of the molecule is CCN(C(=O)[C@@H]1CCC[C@@H]1N)C1CN(C(=Nc2cccc(OC(F)F)c2F)NC#N)N=C1c1ccc(Cl)c(Cl)c1. The van der Waals surface area contributed by atoms with Crippen molar-refractivity contribution in [2.45, 2.75) is 44.9 Å². The second kappa shape index (κ2) is 12.8. The molecule has 1 heterocycles. The molecule has 212 valence electrons. The second-order valence-corrected chi connectivity index (χ2v) is 9.99. The van der Waals surface area contributed by atoms with Gasteiger partial charge in [0.05, 0.1) is 34.3 Å². The molecule has 14 heteroatoms. The molecule has 1 aliphatic heterocycles. The van der Waals surface area contributed by atoms with Crippen LogP contribution in [0.3, 0.4) is 0 Å². The topological polar surface area (TPSA) is 119 Å². The van der Waals surface area contributed by atoms with Crippen molar-refractivity contribution in [2.24, 2.45) is 21.7 Å². The van der Waals surface area contributed by atoms with Crippen LogP contribution >= 0.6 is 23.2 Å². The highest BCUT2D eigenvalue weighted by molar-refractivity contribution is 6.42. The summed E-state index contributed by atoms with van der Waals surface area (Å²) in [4.78, 5) is 19.4. The third kappa shape index (κ3) is 6.27. The zero-order valence-corrected chi connectivity index (χ0v) is 22.8. The van der Waals surface area contributed by atoms with E-state index < -0.39 is 24.2 Å². The zero-order valence-electron chi connectivity index (χ0n) is 21.3. The Morgan fingerprint density at radius 1 is 1.32 bits per heavy atom. The molecule has 2 aromatic carbocycles. The molecule has 0 aromatic heterocycles. The first kappa shape index (κ1) is 29.5. The zero-order chi connectivity index (χ0) is 29.0. The first-order chi connectivity index (χ1) is 19.1. The second-order valence-electron chi connectivity index (χ2n) is 9.18. The monoisotopic (exact) mass is 595 g/mol.